The van der Waals surface area contributed by atoms with Crippen LogP contribution in [0, 0.1) is 11.6 Å². The molecule has 0 radical (unpaired) electrons. The summed E-state index contributed by atoms with van der Waals surface area (Å²) in [4.78, 5) is 21.3. The molecule has 0 aliphatic carbocycles. The fraction of sp³-hybridized carbons (Fsp3) is 0.111. The van der Waals surface area contributed by atoms with E-state index in [0.717, 1.165) is 5.32 Å². The van der Waals surface area contributed by atoms with Crippen LogP contribution in [-0.4, -0.2) is 23.2 Å². The highest BCUT2D eigenvalue weighted by atomic mass is 79.9. The van der Waals surface area contributed by atoms with E-state index in [-0.39, 0.29) is 0 Å². The summed E-state index contributed by atoms with van der Waals surface area (Å²) < 4.78 is 62.2. The van der Waals surface area contributed by atoms with Gasteiger partial charge in [-0.1, -0.05) is 0 Å². The zero-order chi connectivity index (χ0) is 15.0. The maximum absolute atomic E-state index is 13.5. The molecule has 4 nitrogen and oxygen atoms in total. The largest absolute Gasteiger partial charge is 0.478 e. The van der Waals surface area contributed by atoms with Gasteiger partial charge in [-0.05, 0) is 22.0 Å². The predicted octanol–water partition coefficient (Wildman–Crippen LogP) is 2.93. The third-order valence-corrected chi connectivity index (χ3v) is 2.46. The number of carboxylic acid groups (broad SMARTS) is 1. The Morgan fingerprint density at radius 3 is 2.21 bits per heavy atom. The third-order valence-electron chi connectivity index (χ3n) is 1.88. The van der Waals surface area contributed by atoms with Gasteiger partial charge in [-0.3, -0.25) is 4.79 Å². The first-order valence-corrected chi connectivity index (χ1v) is 5.14. The number of amides is 1. The average molecular weight is 348 g/mol. The summed E-state index contributed by atoms with van der Waals surface area (Å²) in [7, 11) is 0. The van der Waals surface area contributed by atoms with Gasteiger partial charge in [0.1, 0.15) is 11.4 Å². The van der Waals surface area contributed by atoms with Gasteiger partial charge in [0.25, 0.3) is 0 Å². The van der Waals surface area contributed by atoms with Gasteiger partial charge in [-0.15, -0.1) is 0 Å². The number of nitrogens with one attached hydrogen (secondary N) is 1. The first-order valence-electron chi connectivity index (χ1n) is 4.34. The lowest BCUT2D eigenvalue weighted by molar-refractivity contribution is -0.167. The maximum atomic E-state index is 13.5. The summed E-state index contributed by atoms with van der Waals surface area (Å²) in [6, 6.07) is 0.419. The number of hydrogen-bond donors (Lipinski definition) is 2. The molecule has 1 aromatic carbocycles. The quantitative estimate of drug-likeness (QED) is 0.638. The highest BCUT2D eigenvalue weighted by molar-refractivity contribution is 9.10. The molecule has 0 unspecified atom stereocenters. The van der Waals surface area contributed by atoms with Crippen molar-refractivity contribution in [3.63, 3.8) is 0 Å². The van der Waals surface area contributed by atoms with Crippen LogP contribution in [0.25, 0.3) is 0 Å². The van der Waals surface area contributed by atoms with Crippen LogP contribution >= 0.6 is 15.9 Å². The zero-order valence-electron chi connectivity index (χ0n) is 8.61. The molecule has 1 rings (SSSR count). The van der Waals surface area contributed by atoms with Crippen molar-refractivity contribution < 1.29 is 36.6 Å². The molecule has 1 aromatic rings. The van der Waals surface area contributed by atoms with Crippen LogP contribution in [0.4, 0.5) is 27.6 Å². The second-order valence-corrected chi connectivity index (χ2v) is 4.02. The van der Waals surface area contributed by atoms with Gasteiger partial charge in [-0.2, -0.15) is 13.2 Å². The molecule has 0 spiro atoms. The van der Waals surface area contributed by atoms with Gasteiger partial charge in [0.15, 0.2) is 5.82 Å². The van der Waals surface area contributed by atoms with Gasteiger partial charge in [0.2, 0.25) is 0 Å². The third kappa shape index (κ3) is 3.19. The van der Waals surface area contributed by atoms with E-state index in [2.05, 4.69) is 15.9 Å². The molecule has 0 bridgehead atoms. The first-order chi connectivity index (χ1) is 8.55. The molecule has 0 atom stereocenters. The molecule has 19 heavy (non-hydrogen) atoms. The minimum atomic E-state index is -5.37. The Morgan fingerprint density at radius 1 is 1.26 bits per heavy atom. The summed E-state index contributed by atoms with van der Waals surface area (Å²) in [6.45, 7) is 0. The van der Waals surface area contributed by atoms with E-state index in [1.165, 1.54) is 0 Å². The molecule has 0 aromatic heterocycles. The predicted molar refractivity (Wildman–Crippen MR) is 55.7 cm³/mol. The second-order valence-electron chi connectivity index (χ2n) is 3.16. The van der Waals surface area contributed by atoms with Crippen molar-refractivity contribution in [3.05, 3.63) is 27.7 Å². The van der Waals surface area contributed by atoms with E-state index in [1.54, 1.807) is 0 Å². The summed E-state index contributed by atoms with van der Waals surface area (Å²) in [5.41, 5.74) is -2.81. The van der Waals surface area contributed by atoms with E-state index in [9.17, 15) is 31.5 Å². The van der Waals surface area contributed by atoms with Gasteiger partial charge in [0.05, 0.1) is 10.2 Å². The van der Waals surface area contributed by atoms with Crippen molar-refractivity contribution in [1.29, 1.82) is 0 Å². The van der Waals surface area contributed by atoms with Crippen molar-refractivity contribution >= 4 is 33.5 Å². The average Bonchev–Trinajstić information content (AvgIpc) is 2.23. The molecule has 10 heteroatoms. The van der Waals surface area contributed by atoms with Crippen LogP contribution in [0.1, 0.15) is 10.4 Å². The molecule has 0 saturated heterocycles. The smallest absolute Gasteiger partial charge is 0.471 e. The Labute approximate surface area is 110 Å². The summed E-state index contributed by atoms with van der Waals surface area (Å²) >= 11 is 2.48. The number of carboxylic acids is 1. The molecule has 0 aliphatic heterocycles. The normalized spacial score (nSPS) is 11.3. The topological polar surface area (TPSA) is 66.4 Å². The van der Waals surface area contributed by atoms with Gasteiger partial charge in [0, 0.05) is 0 Å². The lowest BCUT2D eigenvalue weighted by Crippen LogP contribution is -2.31. The minimum Gasteiger partial charge on any atom is -0.478 e. The van der Waals surface area contributed by atoms with Crippen LogP contribution < -0.4 is 5.32 Å². The number of carbonyl (C=O) groups excluding carboxylic acids is 1. The molecule has 1 amide bonds. The van der Waals surface area contributed by atoms with E-state index in [4.69, 9.17) is 5.11 Å². The summed E-state index contributed by atoms with van der Waals surface area (Å²) in [5, 5.41) is 9.61. The van der Waals surface area contributed by atoms with Crippen LogP contribution in [0.3, 0.4) is 0 Å². The molecule has 0 fully saturated rings. The Kier molecular flexibility index (Phi) is 4.13. The van der Waals surface area contributed by atoms with Crippen LogP contribution in [0.5, 0.6) is 0 Å². The number of benzene rings is 1. The number of alkyl halides is 3. The van der Waals surface area contributed by atoms with Crippen molar-refractivity contribution in [2.24, 2.45) is 0 Å². The fourth-order valence-corrected chi connectivity index (χ4v) is 1.51. The van der Waals surface area contributed by atoms with E-state index < -0.39 is 45.4 Å². The van der Waals surface area contributed by atoms with Gasteiger partial charge >= 0.3 is 18.1 Å². The Hall–Kier alpha value is -1.71. The lowest BCUT2D eigenvalue weighted by atomic mass is 10.1. The van der Waals surface area contributed by atoms with E-state index in [0.29, 0.717) is 6.07 Å². The number of anilines is 1. The molecule has 0 saturated carbocycles. The Balaban J connectivity index is 3.41. The Morgan fingerprint density at radius 2 is 1.79 bits per heavy atom. The standard InChI is InChI=1S/C9H3BrF5NO3/c10-2-1-3(11)4(7(17)18)6(5(2)12)16-8(19)9(13,14)15/h1H,(H,16,19)(H,17,18). The highest BCUT2D eigenvalue weighted by Gasteiger charge is 2.40. The number of aromatic carboxylic acids is 1. The monoisotopic (exact) mass is 347 g/mol. The van der Waals surface area contributed by atoms with E-state index >= 15 is 0 Å². The first kappa shape index (κ1) is 15.3. The number of carbonyl (C=O) groups is 2. The van der Waals surface area contributed by atoms with Crippen molar-refractivity contribution in [3.8, 4) is 0 Å². The van der Waals surface area contributed by atoms with Gasteiger partial charge < -0.3 is 10.4 Å². The SMILES string of the molecule is O=C(O)c1c(F)cc(Br)c(F)c1NC(=O)C(F)(F)F. The number of hydrogen-bond acceptors (Lipinski definition) is 2. The molecular formula is C9H3BrF5NO3. The van der Waals surface area contributed by atoms with Crippen LogP contribution in [0.2, 0.25) is 0 Å². The molecule has 104 valence electrons. The maximum Gasteiger partial charge on any atom is 0.471 e. The summed E-state index contributed by atoms with van der Waals surface area (Å²) in [6.07, 6.45) is -5.37. The number of halogens is 6. The molecule has 2 N–H and O–H groups in total. The zero-order valence-corrected chi connectivity index (χ0v) is 10.2. The Bertz CT molecular complexity index is 558. The summed E-state index contributed by atoms with van der Waals surface area (Å²) in [5.74, 6) is -7.68. The van der Waals surface area contributed by atoms with Crippen molar-refractivity contribution in [1.82, 2.24) is 0 Å². The number of rotatable bonds is 2. The minimum absolute atomic E-state index is 0.419. The van der Waals surface area contributed by atoms with Gasteiger partial charge in [-0.25, -0.2) is 13.6 Å². The van der Waals surface area contributed by atoms with Crippen molar-refractivity contribution in [2.75, 3.05) is 5.32 Å². The lowest BCUT2D eigenvalue weighted by Gasteiger charge is -2.12. The van der Waals surface area contributed by atoms with Crippen LogP contribution in [0.15, 0.2) is 10.5 Å². The van der Waals surface area contributed by atoms with E-state index in [1.807, 2.05) is 0 Å². The van der Waals surface area contributed by atoms with Crippen molar-refractivity contribution in [2.45, 2.75) is 6.18 Å². The fourth-order valence-electron chi connectivity index (χ4n) is 1.11. The molecule has 0 heterocycles. The highest BCUT2D eigenvalue weighted by Crippen LogP contribution is 2.31. The van der Waals surface area contributed by atoms with Crippen LogP contribution in [-0.2, 0) is 4.79 Å². The molecular weight excluding hydrogens is 345 g/mol. The molecule has 0 aliphatic rings. The second kappa shape index (κ2) is 5.11.